The molecule has 11 heteroatoms. The molecule has 1 fully saturated rings. The van der Waals surface area contributed by atoms with Crippen LogP contribution in [0.5, 0.6) is 0 Å². The molecule has 3 heterocycles. The van der Waals surface area contributed by atoms with Crippen molar-refractivity contribution >= 4 is 28.3 Å². The molecule has 8 nitrogen and oxygen atoms in total. The van der Waals surface area contributed by atoms with Crippen molar-refractivity contribution < 1.29 is 18.4 Å². The van der Waals surface area contributed by atoms with Crippen LogP contribution in [0, 0.1) is 11.6 Å². The molecule has 2 N–H and O–H groups in total. The molecule has 0 aliphatic carbocycles. The highest BCUT2D eigenvalue weighted by Gasteiger charge is 2.30. The van der Waals surface area contributed by atoms with Gasteiger partial charge >= 0.3 is 0 Å². The number of benzene rings is 1. The first-order valence-electron chi connectivity index (χ1n) is 10.5. The van der Waals surface area contributed by atoms with E-state index in [9.17, 15) is 18.4 Å². The maximum Gasteiger partial charge on any atom is 0.254 e. The van der Waals surface area contributed by atoms with Crippen LogP contribution in [0.4, 0.5) is 13.9 Å². The van der Waals surface area contributed by atoms with Crippen LogP contribution in [0.2, 0.25) is 0 Å². The van der Waals surface area contributed by atoms with Crippen LogP contribution in [-0.2, 0) is 18.3 Å². The summed E-state index contributed by atoms with van der Waals surface area (Å²) in [5.74, 6) is -1.54. The molecule has 4 rings (SSSR count). The first kappa shape index (κ1) is 22.8. The molecule has 2 amide bonds. The molecule has 2 atom stereocenters. The fourth-order valence-electron chi connectivity index (χ4n) is 3.92. The van der Waals surface area contributed by atoms with E-state index in [1.54, 1.807) is 29.0 Å². The molecule has 174 valence electrons. The Morgan fingerprint density at radius 1 is 1.15 bits per heavy atom. The summed E-state index contributed by atoms with van der Waals surface area (Å²) >= 11 is 1.39. The van der Waals surface area contributed by atoms with Gasteiger partial charge in [0.1, 0.15) is 11.6 Å². The number of carbonyl (C=O) groups is 2. The summed E-state index contributed by atoms with van der Waals surface area (Å²) in [5, 5.41) is 11.0. The summed E-state index contributed by atoms with van der Waals surface area (Å²) in [5.41, 5.74) is 0.988. The van der Waals surface area contributed by atoms with Gasteiger partial charge in [-0.05, 0) is 24.1 Å². The van der Waals surface area contributed by atoms with Crippen LogP contribution in [0.25, 0.3) is 0 Å². The highest BCUT2D eigenvalue weighted by molar-refractivity contribution is 7.15. The van der Waals surface area contributed by atoms with E-state index in [2.05, 4.69) is 20.7 Å². The van der Waals surface area contributed by atoms with Crippen LogP contribution >= 0.6 is 11.3 Å². The largest absolute Gasteiger partial charge is 0.357 e. The smallest absolute Gasteiger partial charge is 0.254 e. The summed E-state index contributed by atoms with van der Waals surface area (Å²) in [6.07, 6.45) is 5.78. The van der Waals surface area contributed by atoms with E-state index in [1.807, 2.05) is 0 Å². The number of amides is 2. The zero-order valence-electron chi connectivity index (χ0n) is 18.2. The topological polar surface area (TPSA) is 92.2 Å². The van der Waals surface area contributed by atoms with Gasteiger partial charge in [0.05, 0.1) is 11.8 Å². The Morgan fingerprint density at radius 3 is 2.55 bits per heavy atom. The molecule has 1 saturated heterocycles. The van der Waals surface area contributed by atoms with Gasteiger partial charge in [-0.1, -0.05) is 0 Å². The maximum absolute atomic E-state index is 13.5. The number of nitrogens with one attached hydrogen (secondary N) is 2. The van der Waals surface area contributed by atoms with Gasteiger partial charge in [0, 0.05) is 68.9 Å². The summed E-state index contributed by atoms with van der Waals surface area (Å²) in [7, 11) is 1.74. The number of nitrogens with zero attached hydrogens (tertiary/aromatic N) is 4. The number of piperidine rings is 1. The second kappa shape index (κ2) is 9.65. The SMILES string of the molecule is CC(=O)N1C[C@@H](NC(=O)c2cnn(C)c2)C[C@@H](Nc2ncc(Cc3cc(F)cc(F)c3)s2)C1. The van der Waals surface area contributed by atoms with Crippen LogP contribution in [0.1, 0.15) is 34.1 Å². The second-order valence-corrected chi connectivity index (χ2v) is 9.28. The number of carbonyl (C=O) groups excluding carboxylic acids is 2. The third-order valence-electron chi connectivity index (χ3n) is 5.38. The third-order valence-corrected chi connectivity index (χ3v) is 6.31. The second-order valence-electron chi connectivity index (χ2n) is 8.16. The Labute approximate surface area is 193 Å². The molecule has 1 aromatic carbocycles. The number of likely N-dealkylation sites (tertiary alicyclic amines) is 1. The number of thiazole rings is 1. The Bertz CT molecular complexity index is 1140. The zero-order chi connectivity index (χ0) is 23.5. The zero-order valence-corrected chi connectivity index (χ0v) is 19.0. The number of anilines is 1. The lowest BCUT2D eigenvalue weighted by Crippen LogP contribution is -2.55. The molecule has 1 aliphatic rings. The number of aryl methyl sites for hydroxylation is 1. The Morgan fingerprint density at radius 2 is 1.88 bits per heavy atom. The van der Waals surface area contributed by atoms with Crippen molar-refractivity contribution in [3.63, 3.8) is 0 Å². The predicted molar refractivity (Wildman–Crippen MR) is 120 cm³/mol. The van der Waals surface area contributed by atoms with Gasteiger partial charge in [-0.3, -0.25) is 14.3 Å². The van der Waals surface area contributed by atoms with Crippen molar-refractivity contribution in [2.45, 2.75) is 31.8 Å². The lowest BCUT2D eigenvalue weighted by Gasteiger charge is -2.37. The summed E-state index contributed by atoms with van der Waals surface area (Å²) in [6, 6.07) is 3.10. The van der Waals surface area contributed by atoms with Crippen molar-refractivity contribution in [2.24, 2.45) is 7.05 Å². The van der Waals surface area contributed by atoms with E-state index in [1.165, 1.54) is 36.6 Å². The average molecular weight is 475 g/mol. The minimum absolute atomic E-state index is 0.0740. The van der Waals surface area contributed by atoms with Gasteiger partial charge in [0.25, 0.3) is 5.91 Å². The molecule has 0 saturated carbocycles. The van der Waals surface area contributed by atoms with Gasteiger partial charge in [0.15, 0.2) is 5.13 Å². The van der Waals surface area contributed by atoms with Gasteiger partial charge < -0.3 is 15.5 Å². The maximum atomic E-state index is 13.5. The number of aromatic nitrogens is 3. The van der Waals surface area contributed by atoms with E-state index in [-0.39, 0.29) is 23.9 Å². The fourth-order valence-corrected chi connectivity index (χ4v) is 4.84. The normalized spacial score (nSPS) is 18.2. The van der Waals surface area contributed by atoms with Gasteiger partial charge in [0.2, 0.25) is 5.91 Å². The number of rotatable bonds is 6. The highest BCUT2D eigenvalue weighted by atomic mass is 32.1. The molecule has 33 heavy (non-hydrogen) atoms. The van der Waals surface area contributed by atoms with E-state index in [0.29, 0.717) is 42.2 Å². The van der Waals surface area contributed by atoms with Crippen LogP contribution < -0.4 is 10.6 Å². The van der Waals surface area contributed by atoms with Crippen LogP contribution in [0.15, 0.2) is 36.8 Å². The molecule has 3 aromatic rings. The first-order valence-corrected chi connectivity index (χ1v) is 11.3. The summed E-state index contributed by atoms with van der Waals surface area (Å²) in [4.78, 5) is 31.5. The van der Waals surface area contributed by atoms with Crippen LogP contribution in [-0.4, -0.2) is 56.7 Å². The molecule has 0 unspecified atom stereocenters. The fraction of sp³-hybridized carbons (Fsp3) is 0.364. The van der Waals surface area contributed by atoms with Crippen molar-refractivity contribution in [3.05, 3.63) is 64.4 Å². The Hall–Kier alpha value is -3.34. The van der Waals surface area contributed by atoms with Gasteiger partial charge in [-0.2, -0.15) is 5.10 Å². The molecular weight excluding hydrogens is 450 g/mol. The molecular formula is C22H24F2N6O2S. The molecule has 2 aromatic heterocycles. The van der Waals surface area contributed by atoms with Gasteiger partial charge in [-0.25, -0.2) is 13.8 Å². The molecule has 1 aliphatic heterocycles. The predicted octanol–water partition coefficient (Wildman–Crippen LogP) is 2.58. The minimum atomic E-state index is -0.612. The quantitative estimate of drug-likeness (QED) is 0.573. The van der Waals surface area contributed by atoms with Gasteiger partial charge in [-0.15, -0.1) is 11.3 Å². The lowest BCUT2D eigenvalue weighted by molar-refractivity contribution is -0.130. The van der Waals surface area contributed by atoms with Crippen LogP contribution in [0.3, 0.4) is 0 Å². The number of halogens is 2. The van der Waals surface area contributed by atoms with E-state index in [4.69, 9.17) is 0 Å². The van der Waals surface area contributed by atoms with Crippen molar-refractivity contribution in [2.75, 3.05) is 18.4 Å². The minimum Gasteiger partial charge on any atom is -0.357 e. The van der Waals surface area contributed by atoms with Crippen molar-refractivity contribution in [1.82, 2.24) is 25.0 Å². The first-order chi connectivity index (χ1) is 15.7. The Balaban J connectivity index is 1.41. The van der Waals surface area contributed by atoms with Crippen molar-refractivity contribution in [1.29, 1.82) is 0 Å². The monoisotopic (exact) mass is 474 g/mol. The average Bonchev–Trinajstić information content (AvgIpc) is 3.36. The summed E-state index contributed by atoms with van der Waals surface area (Å²) in [6.45, 7) is 2.41. The lowest BCUT2D eigenvalue weighted by atomic mass is 10.0. The standard InChI is InChI=1S/C22H24F2N6O2S/c1-13(31)30-11-18(27-21(32)15-8-26-29(2)10-15)7-19(12-30)28-22-25-9-20(33-22)5-14-3-16(23)6-17(24)4-14/h3-4,6,8-10,18-19H,5,7,11-12H2,1-2H3,(H,25,28)(H,27,32)/t18-,19+/m0/s1. The Kier molecular flexibility index (Phi) is 6.68. The highest BCUT2D eigenvalue weighted by Crippen LogP contribution is 2.24. The molecule has 0 spiro atoms. The van der Waals surface area contributed by atoms with E-state index < -0.39 is 11.6 Å². The number of hydrogen-bond acceptors (Lipinski definition) is 6. The molecule has 0 bridgehead atoms. The van der Waals surface area contributed by atoms with E-state index in [0.717, 1.165) is 10.9 Å². The van der Waals surface area contributed by atoms with E-state index >= 15 is 0 Å². The van der Waals surface area contributed by atoms with Crippen molar-refractivity contribution in [3.8, 4) is 0 Å². The summed E-state index contributed by atoms with van der Waals surface area (Å²) < 4.78 is 28.5. The third kappa shape index (κ3) is 5.92. The number of hydrogen-bond donors (Lipinski definition) is 2. The molecule has 0 radical (unpaired) electrons.